The number of halogens is 1. The van der Waals surface area contributed by atoms with Crippen LogP contribution in [0.2, 0.25) is 0 Å². The maximum absolute atomic E-state index is 6.35. The van der Waals surface area contributed by atoms with Crippen LogP contribution in [0.25, 0.3) is 0 Å². The monoisotopic (exact) mass is 373 g/mol. The Labute approximate surface area is 125 Å². The van der Waals surface area contributed by atoms with Crippen molar-refractivity contribution < 1.29 is 4.74 Å². The van der Waals surface area contributed by atoms with E-state index in [4.69, 9.17) is 10.5 Å². The Bertz CT molecular complexity index is 565. The second kappa shape index (κ2) is 5.59. The number of methoxy groups -OCH3 is 1. The van der Waals surface area contributed by atoms with Crippen molar-refractivity contribution in [1.82, 2.24) is 0 Å². The highest BCUT2D eigenvalue weighted by Gasteiger charge is 2.17. The van der Waals surface area contributed by atoms with Crippen LogP contribution in [0.1, 0.15) is 28.3 Å². The summed E-state index contributed by atoms with van der Waals surface area (Å²) in [4.78, 5) is 0. The van der Waals surface area contributed by atoms with Crippen LogP contribution in [-0.2, 0) is 0 Å². The summed E-state index contributed by atoms with van der Waals surface area (Å²) in [6.45, 7) is 4.16. The first-order valence-electron chi connectivity index (χ1n) is 5.68. The molecule has 0 aliphatic heterocycles. The molecule has 96 valence electrons. The van der Waals surface area contributed by atoms with E-state index in [1.807, 2.05) is 0 Å². The van der Waals surface area contributed by atoms with Gasteiger partial charge in [-0.1, -0.05) is 12.1 Å². The quantitative estimate of drug-likeness (QED) is 0.825. The third kappa shape index (κ3) is 2.55. The van der Waals surface area contributed by atoms with Crippen molar-refractivity contribution in [3.63, 3.8) is 0 Å². The molecule has 1 aromatic heterocycles. The standard InChI is InChI=1S/C14H16INOS/c1-8-4-5-11(14(17-3)9(8)2)13(16)10-6-12(15)18-7-10/h4-7,13H,16H2,1-3H3. The Kier molecular flexibility index (Phi) is 4.29. The molecule has 1 aromatic carbocycles. The third-order valence-electron chi connectivity index (χ3n) is 3.19. The zero-order chi connectivity index (χ0) is 13.3. The van der Waals surface area contributed by atoms with Crippen molar-refractivity contribution in [2.24, 2.45) is 5.73 Å². The molecule has 2 rings (SSSR count). The fourth-order valence-corrected chi connectivity index (χ4v) is 3.40. The lowest BCUT2D eigenvalue weighted by molar-refractivity contribution is 0.404. The van der Waals surface area contributed by atoms with E-state index in [1.165, 1.54) is 8.45 Å². The lowest BCUT2D eigenvalue weighted by Gasteiger charge is -2.18. The third-order valence-corrected chi connectivity index (χ3v) is 5.00. The van der Waals surface area contributed by atoms with Crippen LogP contribution in [0.3, 0.4) is 0 Å². The van der Waals surface area contributed by atoms with Gasteiger partial charge in [-0.05, 0) is 64.6 Å². The number of nitrogens with two attached hydrogens (primary N) is 1. The molecule has 0 aliphatic carbocycles. The normalized spacial score (nSPS) is 12.5. The number of benzene rings is 1. The molecular weight excluding hydrogens is 357 g/mol. The SMILES string of the molecule is COc1c(C(N)c2csc(I)c2)ccc(C)c1C. The Morgan fingerprint density at radius 2 is 2.06 bits per heavy atom. The zero-order valence-electron chi connectivity index (χ0n) is 10.7. The number of hydrogen-bond acceptors (Lipinski definition) is 3. The first-order valence-corrected chi connectivity index (χ1v) is 7.64. The number of thiophene rings is 1. The highest BCUT2D eigenvalue weighted by molar-refractivity contribution is 14.1. The molecule has 0 fully saturated rings. The molecular formula is C14H16INOS. The van der Waals surface area contributed by atoms with Gasteiger partial charge in [-0.3, -0.25) is 0 Å². The van der Waals surface area contributed by atoms with E-state index in [2.05, 4.69) is 60.0 Å². The van der Waals surface area contributed by atoms with E-state index in [0.717, 1.165) is 22.4 Å². The van der Waals surface area contributed by atoms with Crippen LogP contribution in [0.4, 0.5) is 0 Å². The van der Waals surface area contributed by atoms with E-state index in [-0.39, 0.29) is 6.04 Å². The molecule has 0 radical (unpaired) electrons. The molecule has 0 spiro atoms. The Morgan fingerprint density at radius 3 is 2.61 bits per heavy atom. The van der Waals surface area contributed by atoms with E-state index in [0.29, 0.717) is 0 Å². The molecule has 2 N–H and O–H groups in total. The maximum Gasteiger partial charge on any atom is 0.127 e. The summed E-state index contributed by atoms with van der Waals surface area (Å²) in [5.74, 6) is 0.906. The summed E-state index contributed by atoms with van der Waals surface area (Å²) in [7, 11) is 1.70. The van der Waals surface area contributed by atoms with E-state index < -0.39 is 0 Å². The average Bonchev–Trinajstić information content (AvgIpc) is 2.78. The minimum Gasteiger partial charge on any atom is -0.496 e. The van der Waals surface area contributed by atoms with E-state index >= 15 is 0 Å². The molecule has 18 heavy (non-hydrogen) atoms. The molecule has 0 aliphatic rings. The molecule has 0 bridgehead atoms. The fraction of sp³-hybridized carbons (Fsp3) is 0.286. The number of rotatable bonds is 3. The van der Waals surface area contributed by atoms with Crippen molar-refractivity contribution in [3.05, 3.63) is 48.7 Å². The second-order valence-electron chi connectivity index (χ2n) is 4.29. The molecule has 0 saturated carbocycles. The van der Waals surface area contributed by atoms with Gasteiger partial charge < -0.3 is 10.5 Å². The van der Waals surface area contributed by atoms with Crippen molar-refractivity contribution >= 4 is 33.9 Å². The minimum atomic E-state index is -0.126. The summed E-state index contributed by atoms with van der Waals surface area (Å²) in [5, 5.41) is 2.11. The predicted molar refractivity (Wildman–Crippen MR) is 85.5 cm³/mol. The largest absolute Gasteiger partial charge is 0.496 e. The number of hydrogen-bond donors (Lipinski definition) is 1. The Hall–Kier alpha value is -0.590. The molecule has 1 heterocycles. The summed E-state index contributed by atoms with van der Waals surface area (Å²) < 4.78 is 6.78. The number of aryl methyl sites for hydroxylation is 1. The van der Waals surface area contributed by atoms with Gasteiger partial charge in [0.05, 0.1) is 16.0 Å². The zero-order valence-corrected chi connectivity index (χ0v) is 13.6. The summed E-state index contributed by atoms with van der Waals surface area (Å²) in [5.41, 5.74) is 10.9. The minimum absolute atomic E-state index is 0.126. The molecule has 0 saturated heterocycles. The Morgan fingerprint density at radius 1 is 1.33 bits per heavy atom. The molecule has 1 unspecified atom stereocenters. The van der Waals surface area contributed by atoms with Crippen LogP contribution < -0.4 is 10.5 Å². The molecule has 1 atom stereocenters. The van der Waals surface area contributed by atoms with Crippen molar-refractivity contribution in [2.45, 2.75) is 19.9 Å². The first-order chi connectivity index (χ1) is 8.54. The smallest absolute Gasteiger partial charge is 0.127 e. The lowest BCUT2D eigenvalue weighted by Crippen LogP contribution is -2.13. The highest BCUT2D eigenvalue weighted by atomic mass is 127. The van der Waals surface area contributed by atoms with E-state index in [1.54, 1.807) is 18.4 Å². The van der Waals surface area contributed by atoms with E-state index in [9.17, 15) is 0 Å². The first kappa shape index (κ1) is 13.8. The van der Waals surface area contributed by atoms with Gasteiger partial charge in [0.2, 0.25) is 0 Å². The van der Waals surface area contributed by atoms with Gasteiger partial charge in [0.1, 0.15) is 5.75 Å². The van der Waals surface area contributed by atoms with Gasteiger partial charge in [-0.25, -0.2) is 0 Å². The van der Waals surface area contributed by atoms with Crippen LogP contribution >= 0.6 is 33.9 Å². The summed E-state index contributed by atoms with van der Waals surface area (Å²) >= 11 is 4.03. The van der Waals surface area contributed by atoms with Gasteiger partial charge in [0, 0.05) is 5.56 Å². The van der Waals surface area contributed by atoms with Crippen molar-refractivity contribution in [3.8, 4) is 5.75 Å². The van der Waals surface area contributed by atoms with Gasteiger partial charge in [-0.15, -0.1) is 11.3 Å². The molecule has 2 nitrogen and oxygen atoms in total. The highest BCUT2D eigenvalue weighted by Crippen LogP contribution is 2.34. The fourth-order valence-electron chi connectivity index (χ4n) is 1.99. The number of ether oxygens (including phenoxy) is 1. The summed E-state index contributed by atoms with van der Waals surface area (Å²) in [6.07, 6.45) is 0. The van der Waals surface area contributed by atoms with Gasteiger partial charge in [-0.2, -0.15) is 0 Å². The molecule has 4 heteroatoms. The lowest BCUT2D eigenvalue weighted by atomic mass is 9.96. The second-order valence-corrected chi connectivity index (χ2v) is 7.10. The Balaban J connectivity index is 2.48. The van der Waals surface area contributed by atoms with Gasteiger partial charge >= 0.3 is 0 Å². The molecule has 2 aromatic rings. The van der Waals surface area contributed by atoms with Crippen molar-refractivity contribution in [1.29, 1.82) is 0 Å². The van der Waals surface area contributed by atoms with Gasteiger partial charge in [0.25, 0.3) is 0 Å². The maximum atomic E-state index is 6.35. The van der Waals surface area contributed by atoms with Crippen LogP contribution in [0.5, 0.6) is 5.75 Å². The van der Waals surface area contributed by atoms with Crippen LogP contribution in [0, 0.1) is 16.7 Å². The van der Waals surface area contributed by atoms with Crippen LogP contribution in [0.15, 0.2) is 23.6 Å². The molecule has 0 amide bonds. The topological polar surface area (TPSA) is 35.2 Å². The predicted octanol–water partition coefficient (Wildman–Crippen LogP) is 4.03. The van der Waals surface area contributed by atoms with Crippen LogP contribution in [-0.4, -0.2) is 7.11 Å². The summed E-state index contributed by atoms with van der Waals surface area (Å²) in [6, 6.07) is 6.17. The van der Waals surface area contributed by atoms with Crippen molar-refractivity contribution in [2.75, 3.05) is 7.11 Å². The average molecular weight is 373 g/mol. The van der Waals surface area contributed by atoms with Gasteiger partial charge in [0.15, 0.2) is 0 Å².